The Labute approximate surface area is 108 Å². The van der Waals surface area contributed by atoms with Crippen LogP contribution in [-0.2, 0) is 0 Å². The van der Waals surface area contributed by atoms with Crippen molar-refractivity contribution in [2.75, 3.05) is 37.6 Å². The first-order valence-electron chi connectivity index (χ1n) is 6.06. The van der Waals surface area contributed by atoms with Gasteiger partial charge in [0, 0.05) is 43.4 Å². The van der Waals surface area contributed by atoms with Crippen LogP contribution in [0.4, 0.5) is 5.69 Å². The minimum absolute atomic E-state index is 0.239. The molecule has 1 aliphatic rings. The van der Waals surface area contributed by atoms with Gasteiger partial charge in [-0.1, -0.05) is 11.6 Å². The molecule has 0 aliphatic carbocycles. The smallest absolute Gasteiger partial charge is 0.0639 e. The molecule has 0 radical (unpaired) electrons. The quantitative estimate of drug-likeness (QED) is 0.892. The Morgan fingerprint density at radius 2 is 1.76 bits per heavy atom. The molecule has 0 bridgehead atoms. The highest BCUT2D eigenvalue weighted by Crippen LogP contribution is 2.19. The van der Waals surface area contributed by atoms with Crippen LogP contribution in [0.2, 0.25) is 5.02 Å². The summed E-state index contributed by atoms with van der Waals surface area (Å²) < 4.78 is 0. The highest BCUT2D eigenvalue weighted by Gasteiger charge is 2.17. The van der Waals surface area contributed by atoms with Gasteiger partial charge in [-0.15, -0.1) is 0 Å². The van der Waals surface area contributed by atoms with E-state index in [-0.39, 0.29) is 6.10 Å². The van der Waals surface area contributed by atoms with Crippen molar-refractivity contribution in [2.24, 2.45) is 0 Å². The average Bonchev–Trinajstić information content (AvgIpc) is 2.30. The summed E-state index contributed by atoms with van der Waals surface area (Å²) in [5, 5.41) is 10.1. The monoisotopic (exact) mass is 254 g/mol. The summed E-state index contributed by atoms with van der Waals surface area (Å²) in [6.07, 6.45) is -0.239. The average molecular weight is 255 g/mol. The molecule has 1 aromatic carbocycles. The van der Waals surface area contributed by atoms with Gasteiger partial charge in [-0.2, -0.15) is 0 Å². The Balaban J connectivity index is 1.88. The molecule has 1 atom stereocenters. The summed E-state index contributed by atoms with van der Waals surface area (Å²) >= 11 is 5.88. The summed E-state index contributed by atoms with van der Waals surface area (Å²) in [5.41, 5.74) is 1.23. The number of hydrogen-bond acceptors (Lipinski definition) is 3. The number of piperazine rings is 1. The lowest BCUT2D eigenvalue weighted by Gasteiger charge is -2.36. The van der Waals surface area contributed by atoms with Gasteiger partial charge in [0.1, 0.15) is 0 Å². The predicted octanol–water partition coefficient (Wildman–Crippen LogP) is 1.84. The first-order valence-corrected chi connectivity index (χ1v) is 6.44. The first-order chi connectivity index (χ1) is 8.15. The molecule has 1 N–H and O–H groups in total. The first kappa shape index (κ1) is 12.7. The summed E-state index contributed by atoms with van der Waals surface area (Å²) in [7, 11) is 0. The minimum Gasteiger partial charge on any atom is -0.392 e. The summed E-state index contributed by atoms with van der Waals surface area (Å²) in [6.45, 7) is 6.64. The number of halogens is 1. The van der Waals surface area contributed by atoms with E-state index < -0.39 is 0 Å². The van der Waals surface area contributed by atoms with Crippen molar-refractivity contribution in [1.29, 1.82) is 0 Å². The Morgan fingerprint density at radius 3 is 2.29 bits per heavy atom. The van der Waals surface area contributed by atoms with E-state index in [1.54, 1.807) is 0 Å². The molecule has 1 saturated heterocycles. The van der Waals surface area contributed by atoms with Crippen molar-refractivity contribution in [3.63, 3.8) is 0 Å². The van der Waals surface area contributed by atoms with E-state index in [0.29, 0.717) is 0 Å². The van der Waals surface area contributed by atoms with Crippen molar-refractivity contribution in [2.45, 2.75) is 13.0 Å². The van der Waals surface area contributed by atoms with Crippen molar-refractivity contribution >= 4 is 17.3 Å². The molecule has 1 unspecified atom stereocenters. The van der Waals surface area contributed by atoms with E-state index in [4.69, 9.17) is 11.6 Å². The predicted molar refractivity (Wildman–Crippen MR) is 71.8 cm³/mol. The third-order valence-electron chi connectivity index (χ3n) is 3.09. The van der Waals surface area contributed by atoms with Gasteiger partial charge in [0.25, 0.3) is 0 Å². The van der Waals surface area contributed by atoms with Gasteiger partial charge >= 0.3 is 0 Å². The lowest BCUT2D eigenvalue weighted by molar-refractivity contribution is 0.123. The zero-order valence-corrected chi connectivity index (χ0v) is 10.9. The molecule has 1 aliphatic heterocycles. The van der Waals surface area contributed by atoms with E-state index in [2.05, 4.69) is 21.9 Å². The second-order valence-electron chi connectivity index (χ2n) is 4.61. The van der Waals surface area contributed by atoms with Crippen molar-refractivity contribution in [3.8, 4) is 0 Å². The number of hydrogen-bond donors (Lipinski definition) is 1. The molecule has 4 heteroatoms. The largest absolute Gasteiger partial charge is 0.392 e. The fourth-order valence-electron chi connectivity index (χ4n) is 2.21. The van der Waals surface area contributed by atoms with Crippen LogP contribution in [-0.4, -0.2) is 48.8 Å². The van der Waals surface area contributed by atoms with E-state index in [0.717, 1.165) is 37.7 Å². The molecule has 94 valence electrons. The molecule has 3 nitrogen and oxygen atoms in total. The van der Waals surface area contributed by atoms with Crippen LogP contribution in [0.3, 0.4) is 0 Å². The van der Waals surface area contributed by atoms with Gasteiger partial charge in [-0.3, -0.25) is 4.90 Å². The van der Waals surface area contributed by atoms with Gasteiger partial charge in [0.05, 0.1) is 6.10 Å². The molecule has 0 spiro atoms. The number of nitrogens with zero attached hydrogens (tertiary/aromatic N) is 2. The topological polar surface area (TPSA) is 26.7 Å². The van der Waals surface area contributed by atoms with E-state index in [1.165, 1.54) is 5.69 Å². The van der Waals surface area contributed by atoms with Crippen LogP contribution in [0.1, 0.15) is 6.92 Å². The van der Waals surface area contributed by atoms with Gasteiger partial charge in [-0.25, -0.2) is 0 Å². The molecule has 1 heterocycles. The van der Waals surface area contributed by atoms with E-state index in [9.17, 15) is 5.11 Å². The Hall–Kier alpha value is -0.770. The highest BCUT2D eigenvalue weighted by atomic mass is 35.5. The van der Waals surface area contributed by atoms with Crippen LogP contribution < -0.4 is 4.90 Å². The highest BCUT2D eigenvalue weighted by molar-refractivity contribution is 6.30. The number of benzene rings is 1. The Bertz CT molecular complexity index is 345. The molecule has 1 fully saturated rings. The fraction of sp³-hybridized carbons (Fsp3) is 0.538. The lowest BCUT2D eigenvalue weighted by atomic mass is 10.2. The van der Waals surface area contributed by atoms with Crippen LogP contribution in [0.5, 0.6) is 0 Å². The standard InChI is InChI=1S/C13H19ClN2O/c1-11(17)10-15-6-8-16(9-7-15)13-4-2-12(14)3-5-13/h2-5,11,17H,6-10H2,1H3. The minimum atomic E-state index is -0.239. The Kier molecular flexibility index (Phi) is 4.26. The summed E-state index contributed by atoms with van der Waals surface area (Å²) in [4.78, 5) is 4.66. The zero-order valence-electron chi connectivity index (χ0n) is 10.1. The number of rotatable bonds is 3. The Morgan fingerprint density at radius 1 is 1.18 bits per heavy atom. The number of β-amino-alcohol motifs (C(OH)–C–C–N with tert-alkyl or cyclic N) is 1. The van der Waals surface area contributed by atoms with E-state index in [1.807, 2.05) is 19.1 Å². The van der Waals surface area contributed by atoms with Gasteiger partial charge in [0.2, 0.25) is 0 Å². The van der Waals surface area contributed by atoms with Crippen molar-refractivity contribution in [1.82, 2.24) is 4.90 Å². The van der Waals surface area contributed by atoms with Gasteiger partial charge in [-0.05, 0) is 31.2 Å². The number of aliphatic hydroxyl groups is 1. The molecular formula is C13H19ClN2O. The summed E-state index contributed by atoms with van der Waals surface area (Å²) in [6, 6.07) is 7.98. The maximum atomic E-state index is 9.35. The van der Waals surface area contributed by atoms with Gasteiger partial charge < -0.3 is 10.0 Å². The second kappa shape index (κ2) is 5.71. The third-order valence-corrected chi connectivity index (χ3v) is 3.34. The molecule has 0 saturated carbocycles. The SMILES string of the molecule is CC(O)CN1CCN(c2ccc(Cl)cc2)CC1. The maximum Gasteiger partial charge on any atom is 0.0639 e. The van der Waals surface area contributed by atoms with Gasteiger partial charge in [0.15, 0.2) is 0 Å². The summed E-state index contributed by atoms with van der Waals surface area (Å²) in [5.74, 6) is 0. The molecule has 1 aromatic rings. The lowest BCUT2D eigenvalue weighted by Crippen LogP contribution is -2.48. The molecule has 0 aromatic heterocycles. The molecular weight excluding hydrogens is 236 g/mol. The third kappa shape index (κ3) is 3.60. The van der Waals surface area contributed by atoms with Crippen LogP contribution in [0.25, 0.3) is 0 Å². The zero-order chi connectivity index (χ0) is 12.3. The van der Waals surface area contributed by atoms with Crippen LogP contribution >= 0.6 is 11.6 Å². The van der Waals surface area contributed by atoms with Crippen LogP contribution in [0.15, 0.2) is 24.3 Å². The van der Waals surface area contributed by atoms with E-state index >= 15 is 0 Å². The molecule has 2 rings (SSSR count). The molecule has 17 heavy (non-hydrogen) atoms. The molecule has 0 amide bonds. The number of anilines is 1. The fourth-order valence-corrected chi connectivity index (χ4v) is 2.34. The number of aliphatic hydroxyl groups excluding tert-OH is 1. The van der Waals surface area contributed by atoms with Crippen molar-refractivity contribution in [3.05, 3.63) is 29.3 Å². The maximum absolute atomic E-state index is 9.35. The van der Waals surface area contributed by atoms with Crippen LogP contribution in [0, 0.1) is 0 Å². The normalized spacial score (nSPS) is 19.4. The second-order valence-corrected chi connectivity index (χ2v) is 5.05. The van der Waals surface area contributed by atoms with Crippen molar-refractivity contribution < 1.29 is 5.11 Å².